The lowest BCUT2D eigenvalue weighted by Crippen LogP contribution is -2.56. The molecule has 0 aromatic carbocycles. The Hall–Kier alpha value is -0.0800. The quantitative estimate of drug-likeness (QED) is 0.758. The van der Waals surface area contributed by atoms with Gasteiger partial charge in [0.15, 0.2) is 0 Å². The number of likely N-dealkylation sites (tertiary alicyclic amines) is 2. The van der Waals surface area contributed by atoms with E-state index in [2.05, 4.69) is 51.5 Å². The minimum Gasteiger partial charge on any atom is -0.303 e. The summed E-state index contributed by atoms with van der Waals surface area (Å²) in [5.74, 6) is 0.909. The molecule has 0 aromatic heterocycles. The summed E-state index contributed by atoms with van der Waals surface area (Å²) in [5, 5.41) is 0. The molecule has 0 bridgehead atoms. The maximum absolute atomic E-state index is 2.65. The fraction of sp³-hybridized carbons (Fsp3) is 1.00. The molecule has 2 fully saturated rings. The van der Waals surface area contributed by atoms with Crippen LogP contribution in [0.1, 0.15) is 47.5 Å². The van der Waals surface area contributed by atoms with E-state index < -0.39 is 0 Å². The van der Waals surface area contributed by atoms with E-state index in [1.165, 1.54) is 39.0 Å². The maximum Gasteiger partial charge on any atom is 0.0156 e. The summed E-state index contributed by atoms with van der Waals surface area (Å²) in [6, 6.07) is 0.817. The van der Waals surface area contributed by atoms with Crippen molar-refractivity contribution in [2.75, 3.05) is 33.2 Å². The SMILES string of the molecule is CN1CCC1C(C)(C)CCN1CC(C(C)(C)C)C1. The highest BCUT2D eigenvalue weighted by atomic mass is 15.2. The van der Waals surface area contributed by atoms with Crippen LogP contribution < -0.4 is 0 Å². The largest absolute Gasteiger partial charge is 0.303 e. The lowest BCUT2D eigenvalue weighted by molar-refractivity contribution is -0.0124. The minimum atomic E-state index is 0.486. The fourth-order valence-corrected chi connectivity index (χ4v) is 3.42. The molecule has 1 unspecified atom stereocenters. The summed E-state index contributed by atoms with van der Waals surface area (Å²) >= 11 is 0. The standard InChI is InChI=1S/C16H32N2/c1-15(2,3)13-11-18(12-13)10-8-16(4,5)14-7-9-17(14)6/h13-14H,7-12H2,1-6H3. The molecule has 0 radical (unpaired) electrons. The minimum absolute atomic E-state index is 0.486. The van der Waals surface area contributed by atoms with E-state index in [9.17, 15) is 0 Å². The van der Waals surface area contributed by atoms with Crippen molar-refractivity contribution < 1.29 is 0 Å². The summed E-state index contributed by atoms with van der Waals surface area (Å²) in [6.07, 6.45) is 2.74. The lowest BCUT2D eigenvalue weighted by Gasteiger charge is -2.51. The first-order chi connectivity index (χ1) is 8.20. The Labute approximate surface area is 114 Å². The van der Waals surface area contributed by atoms with Gasteiger partial charge in [0, 0.05) is 19.1 Å². The summed E-state index contributed by atoms with van der Waals surface area (Å²) in [6.45, 7) is 17.3. The van der Waals surface area contributed by atoms with Crippen LogP contribution in [0.25, 0.3) is 0 Å². The fourth-order valence-electron chi connectivity index (χ4n) is 3.42. The van der Waals surface area contributed by atoms with Gasteiger partial charge in [0.1, 0.15) is 0 Å². The number of hydrogen-bond donors (Lipinski definition) is 0. The van der Waals surface area contributed by atoms with Crippen molar-refractivity contribution >= 4 is 0 Å². The Morgan fingerprint density at radius 2 is 1.67 bits per heavy atom. The van der Waals surface area contributed by atoms with E-state index in [4.69, 9.17) is 0 Å². The van der Waals surface area contributed by atoms with Crippen molar-refractivity contribution in [3.05, 3.63) is 0 Å². The van der Waals surface area contributed by atoms with E-state index in [0.29, 0.717) is 10.8 Å². The van der Waals surface area contributed by atoms with Crippen molar-refractivity contribution in [3.8, 4) is 0 Å². The molecule has 2 aliphatic rings. The molecule has 106 valence electrons. The second kappa shape index (κ2) is 4.79. The van der Waals surface area contributed by atoms with E-state index in [-0.39, 0.29) is 0 Å². The predicted octanol–water partition coefficient (Wildman–Crippen LogP) is 3.08. The first kappa shape index (κ1) is 14.3. The van der Waals surface area contributed by atoms with Crippen LogP contribution in [0, 0.1) is 16.7 Å². The van der Waals surface area contributed by atoms with Gasteiger partial charge >= 0.3 is 0 Å². The molecule has 0 N–H and O–H groups in total. The molecule has 2 nitrogen and oxygen atoms in total. The van der Waals surface area contributed by atoms with Crippen LogP contribution >= 0.6 is 0 Å². The van der Waals surface area contributed by atoms with Gasteiger partial charge in [-0.2, -0.15) is 0 Å². The monoisotopic (exact) mass is 252 g/mol. The second-order valence-electron chi connectivity index (χ2n) is 8.35. The topological polar surface area (TPSA) is 6.48 Å². The molecule has 0 spiro atoms. The molecular weight excluding hydrogens is 220 g/mol. The molecule has 2 heteroatoms. The number of nitrogens with zero attached hydrogens (tertiary/aromatic N) is 2. The summed E-state index contributed by atoms with van der Waals surface area (Å²) < 4.78 is 0. The Morgan fingerprint density at radius 3 is 2.06 bits per heavy atom. The molecule has 0 saturated carbocycles. The van der Waals surface area contributed by atoms with Gasteiger partial charge in [0.05, 0.1) is 0 Å². The Morgan fingerprint density at radius 1 is 1.06 bits per heavy atom. The van der Waals surface area contributed by atoms with Gasteiger partial charge in [-0.3, -0.25) is 0 Å². The first-order valence-electron chi connectivity index (χ1n) is 7.63. The molecule has 2 rings (SSSR count). The summed E-state index contributed by atoms with van der Waals surface area (Å²) in [5.41, 5.74) is 0.986. The first-order valence-corrected chi connectivity index (χ1v) is 7.63. The lowest BCUT2D eigenvalue weighted by atomic mass is 9.73. The van der Waals surface area contributed by atoms with Crippen LogP contribution in [0.2, 0.25) is 0 Å². The van der Waals surface area contributed by atoms with Crippen LogP contribution in [-0.4, -0.2) is 49.1 Å². The zero-order valence-corrected chi connectivity index (χ0v) is 13.3. The molecule has 1 atom stereocenters. The van der Waals surface area contributed by atoms with Gasteiger partial charge in [-0.1, -0.05) is 34.6 Å². The molecule has 18 heavy (non-hydrogen) atoms. The molecule has 0 aromatic rings. The Balaban J connectivity index is 1.70. The van der Waals surface area contributed by atoms with E-state index in [1.54, 1.807) is 0 Å². The molecule has 2 saturated heterocycles. The van der Waals surface area contributed by atoms with E-state index in [1.807, 2.05) is 0 Å². The van der Waals surface area contributed by atoms with Crippen molar-refractivity contribution in [3.63, 3.8) is 0 Å². The number of hydrogen-bond acceptors (Lipinski definition) is 2. The van der Waals surface area contributed by atoms with Gasteiger partial charge < -0.3 is 9.80 Å². The zero-order chi connectivity index (χ0) is 13.6. The second-order valence-corrected chi connectivity index (χ2v) is 8.35. The van der Waals surface area contributed by atoms with Crippen LogP contribution in [-0.2, 0) is 0 Å². The number of rotatable bonds is 4. The van der Waals surface area contributed by atoms with Crippen LogP contribution in [0.15, 0.2) is 0 Å². The van der Waals surface area contributed by atoms with Crippen LogP contribution in [0.5, 0.6) is 0 Å². The third-order valence-electron chi connectivity index (χ3n) is 5.44. The van der Waals surface area contributed by atoms with Crippen molar-refractivity contribution in [2.24, 2.45) is 16.7 Å². The average Bonchev–Trinajstić information content (AvgIpc) is 2.09. The highest BCUT2D eigenvalue weighted by molar-refractivity contribution is 4.94. The van der Waals surface area contributed by atoms with Crippen molar-refractivity contribution in [1.29, 1.82) is 0 Å². The molecular formula is C16H32N2. The molecule has 2 heterocycles. The van der Waals surface area contributed by atoms with Crippen molar-refractivity contribution in [2.45, 2.75) is 53.5 Å². The van der Waals surface area contributed by atoms with Gasteiger partial charge in [0.2, 0.25) is 0 Å². The Bertz CT molecular complexity index is 284. The van der Waals surface area contributed by atoms with E-state index in [0.717, 1.165) is 12.0 Å². The summed E-state index contributed by atoms with van der Waals surface area (Å²) in [7, 11) is 2.27. The van der Waals surface area contributed by atoms with Gasteiger partial charge in [-0.15, -0.1) is 0 Å². The third-order valence-corrected chi connectivity index (χ3v) is 5.44. The zero-order valence-electron chi connectivity index (χ0n) is 13.3. The third kappa shape index (κ3) is 2.91. The van der Waals surface area contributed by atoms with Crippen molar-refractivity contribution in [1.82, 2.24) is 9.80 Å². The van der Waals surface area contributed by atoms with Gasteiger partial charge in [-0.25, -0.2) is 0 Å². The smallest absolute Gasteiger partial charge is 0.0156 e. The van der Waals surface area contributed by atoms with Gasteiger partial charge in [0.25, 0.3) is 0 Å². The molecule has 0 aliphatic carbocycles. The Kier molecular flexibility index (Phi) is 3.81. The van der Waals surface area contributed by atoms with Gasteiger partial charge in [-0.05, 0) is 49.7 Å². The summed E-state index contributed by atoms with van der Waals surface area (Å²) in [4.78, 5) is 5.17. The molecule has 0 amide bonds. The average molecular weight is 252 g/mol. The van der Waals surface area contributed by atoms with Crippen LogP contribution in [0.4, 0.5) is 0 Å². The predicted molar refractivity (Wildman–Crippen MR) is 78.8 cm³/mol. The molecule has 2 aliphatic heterocycles. The van der Waals surface area contributed by atoms with E-state index >= 15 is 0 Å². The normalized spacial score (nSPS) is 28.0. The maximum atomic E-state index is 2.65. The highest BCUT2D eigenvalue weighted by Gasteiger charge is 2.40. The highest BCUT2D eigenvalue weighted by Crippen LogP contribution is 2.38. The van der Waals surface area contributed by atoms with Crippen LogP contribution in [0.3, 0.4) is 0 Å².